The predicted octanol–water partition coefficient (Wildman–Crippen LogP) is 3.86. The molecule has 2 aromatic rings. The zero-order chi connectivity index (χ0) is 17.7. The molecule has 24 heavy (non-hydrogen) atoms. The van der Waals surface area contributed by atoms with Crippen molar-refractivity contribution in [2.45, 2.75) is 26.1 Å². The fourth-order valence-electron chi connectivity index (χ4n) is 1.68. The summed E-state index contributed by atoms with van der Waals surface area (Å²) in [5.41, 5.74) is -0.236. The summed E-state index contributed by atoms with van der Waals surface area (Å²) in [5, 5.41) is 2.92. The van der Waals surface area contributed by atoms with Crippen LogP contribution >= 0.6 is 27.5 Å². The molecular weight excluding hydrogens is 396 g/mol. The molecule has 1 N–H and O–H groups in total. The highest BCUT2D eigenvalue weighted by Crippen LogP contribution is 2.19. The SMILES string of the molecule is [C-]#[N+]C(C)(C)NC(=O)c1cc(Cl)c(COc2cccc(Br)n2)cn1. The number of carbonyl (C=O) groups is 1. The quantitative estimate of drug-likeness (QED) is 0.601. The van der Waals surface area contributed by atoms with Crippen LogP contribution in [-0.2, 0) is 6.61 Å². The molecule has 0 bridgehead atoms. The molecule has 0 aliphatic rings. The van der Waals surface area contributed by atoms with Crippen molar-refractivity contribution in [3.05, 3.63) is 62.8 Å². The minimum atomic E-state index is -1.00. The summed E-state index contributed by atoms with van der Waals surface area (Å²) in [5.74, 6) is -0.0138. The standard InChI is InChI=1S/C16H14BrClN4O2/c1-16(2,19-3)22-15(23)12-7-11(18)10(8-20-12)9-24-14-6-4-5-13(17)21-14/h4-8H,9H2,1-2H3,(H,22,23). The van der Waals surface area contributed by atoms with E-state index in [0.29, 0.717) is 21.1 Å². The number of ether oxygens (including phenoxy) is 1. The molecule has 0 radical (unpaired) electrons. The van der Waals surface area contributed by atoms with Gasteiger partial charge in [-0.3, -0.25) is 19.9 Å². The molecule has 124 valence electrons. The Morgan fingerprint density at radius 3 is 2.88 bits per heavy atom. The number of pyridine rings is 2. The molecule has 0 atom stereocenters. The Labute approximate surface area is 153 Å². The predicted molar refractivity (Wildman–Crippen MR) is 93.7 cm³/mol. The Morgan fingerprint density at radius 1 is 1.50 bits per heavy atom. The number of carbonyl (C=O) groups excluding carboxylic acids is 1. The molecule has 2 heterocycles. The van der Waals surface area contributed by atoms with Gasteiger partial charge in [-0.2, -0.15) is 0 Å². The molecule has 0 saturated carbocycles. The van der Waals surface area contributed by atoms with Crippen molar-refractivity contribution in [3.63, 3.8) is 0 Å². The fourth-order valence-corrected chi connectivity index (χ4v) is 2.22. The first kappa shape index (κ1) is 18.2. The number of rotatable bonds is 5. The molecule has 0 saturated heterocycles. The van der Waals surface area contributed by atoms with E-state index in [0.717, 1.165) is 0 Å². The smallest absolute Gasteiger partial charge is 0.302 e. The number of halogens is 2. The molecule has 0 fully saturated rings. The molecule has 0 spiro atoms. The molecule has 0 aromatic carbocycles. The first-order valence-electron chi connectivity index (χ1n) is 6.91. The Balaban J connectivity index is 2.07. The Kier molecular flexibility index (Phi) is 5.75. The number of hydrogen-bond acceptors (Lipinski definition) is 4. The third kappa shape index (κ3) is 4.91. The van der Waals surface area contributed by atoms with E-state index in [9.17, 15) is 4.79 Å². The van der Waals surface area contributed by atoms with Crippen molar-refractivity contribution in [3.8, 4) is 5.88 Å². The molecule has 8 heteroatoms. The van der Waals surface area contributed by atoms with Crippen molar-refractivity contribution in [2.24, 2.45) is 0 Å². The Bertz CT molecular complexity index is 805. The van der Waals surface area contributed by atoms with Crippen LogP contribution in [0.15, 0.2) is 35.1 Å². The molecule has 1 amide bonds. The van der Waals surface area contributed by atoms with Gasteiger partial charge in [0.2, 0.25) is 5.88 Å². The van der Waals surface area contributed by atoms with Gasteiger partial charge >= 0.3 is 5.66 Å². The lowest BCUT2D eigenvalue weighted by molar-refractivity contribution is 0.0921. The van der Waals surface area contributed by atoms with E-state index in [2.05, 4.69) is 36.1 Å². The summed E-state index contributed by atoms with van der Waals surface area (Å²) in [6, 6.07) is 6.77. The number of nitrogens with one attached hydrogen (secondary N) is 1. The molecule has 6 nitrogen and oxygen atoms in total. The van der Waals surface area contributed by atoms with Gasteiger partial charge in [-0.05, 0) is 28.1 Å². The van der Waals surface area contributed by atoms with Crippen molar-refractivity contribution in [1.82, 2.24) is 15.3 Å². The van der Waals surface area contributed by atoms with Crippen LogP contribution in [0.1, 0.15) is 29.9 Å². The monoisotopic (exact) mass is 408 g/mol. The van der Waals surface area contributed by atoms with Crippen molar-refractivity contribution in [2.75, 3.05) is 0 Å². The third-order valence-electron chi connectivity index (χ3n) is 2.93. The van der Waals surface area contributed by atoms with Crippen molar-refractivity contribution < 1.29 is 9.53 Å². The Morgan fingerprint density at radius 2 is 2.25 bits per heavy atom. The average molecular weight is 410 g/mol. The van der Waals surface area contributed by atoms with Crippen LogP contribution in [0.4, 0.5) is 0 Å². The van der Waals surface area contributed by atoms with Crippen LogP contribution in [0.2, 0.25) is 5.02 Å². The highest BCUT2D eigenvalue weighted by atomic mass is 79.9. The minimum absolute atomic E-state index is 0.140. The van der Waals surface area contributed by atoms with E-state index in [4.69, 9.17) is 22.9 Å². The van der Waals surface area contributed by atoms with E-state index < -0.39 is 11.6 Å². The minimum Gasteiger partial charge on any atom is -0.473 e. The zero-order valence-corrected chi connectivity index (χ0v) is 15.3. The maximum absolute atomic E-state index is 12.1. The summed E-state index contributed by atoms with van der Waals surface area (Å²) in [6.07, 6.45) is 1.47. The largest absolute Gasteiger partial charge is 0.473 e. The topological polar surface area (TPSA) is 68.5 Å². The second-order valence-corrected chi connectivity index (χ2v) is 6.59. The van der Waals surface area contributed by atoms with Crippen LogP contribution in [0.25, 0.3) is 4.85 Å². The number of hydrogen-bond donors (Lipinski definition) is 1. The van der Waals surface area contributed by atoms with Gasteiger partial charge in [0.15, 0.2) is 0 Å². The van der Waals surface area contributed by atoms with E-state index in [1.54, 1.807) is 32.0 Å². The van der Waals surface area contributed by atoms with Crippen LogP contribution in [0.5, 0.6) is 5.88 Å². The van der Waals surface area contributed by atoms with E-state index >= 15 is 0 Å². The molecule has 0 aliphatic carbocycles. The van der Waals surface area contributed by atoms with Crippen molar-refractivity contribution >= 4 is 33.4 Å². The van der Waals surface area contributed by atoms with Gasteiger partial charge in [0.1, 0.15) is 16.9 Å². The van der Waals surface area contributed by atoms with E-state index in [1.807, 2.05) is 0 Å². The van der Waals surface area contributed by atoms with Crippen LogP contribution in [-0.4, -0.2) is 21.5 Å². The number of aromatic nitrogens is 2. The van der Waals surface area contributed by atoms with Crippen LogP contribution < -0.4 is 10.1 Å². The van der Waals surface area contributed by atoms with Gasteiger partial charge < -0.3 is 4.74 Å². The summed E-state index contributed by atoms with van der Waals surface area (Å²) < 4.78 is 6.21. The van der Waals surface area contributed by atoms with Crippen LogP contribution in [0.3, 0.4) is 0 Å². The van der Waals surface area contributed by atoms with Crippen molar-refractivity contribution in [1.29, 1.82) is 0 Å². The van der Waals surface area contributed by atoms with Gasteiger partial charge in [0, 0.05) is 31.7 Å². The third-order valence-corrected chi connectivity index (χ3v) is 3.72. The summed E-state index contributed by atoms with van der Waals surface area (Å²) in [4.78, 5) is 23.6. The van der Waals surface area contributed by atoms with Gasteiger partial charge in [-0.1, -0.05) is 17.7 Å². The lowest BCUT2D eigenvalue weighted by Gasteiger charge is -2.13. The first-order chi connectivity index (χ1) is 11.3. The van der Waals surface area contributed by atoms with Gasteiger partial charge in [0.25, 0.3) is 5.91 Å². The number of amides is 1. The second-order valence-electron chi connectivity index (χ2n) is 5.37. The molecule has 0 aliphatic heterocycles. The van der Waals surface area contributed by atoms with E-state index in [-0.39, 0.29) is 12.3 Å². The molecular formula is C16H14BrClN4O2. The van der Waals surface area contributed by atoms with Gasteiger partial charge in [-0.25, -0.2) is 11.6 Å². The van der Waals surface area contributed by atoms with Crippen LogP contribution in [0, 0.1) is 6.57 Å². The summed E-state index contributed by atoms with van der Waals surface area (Å²) in [7, 11) is 0. The molecule has 0 unspecified atom stereocenters. The lowest BCUT2D eigenvalue weighted by Crippen LogP contribution is -2.40. The maximum Gasteiger partial charge on any atom is 0.302 e. The normalized spacial score (nSPS) is 10.8. The van der Waals surface area contributed by atoms with Gasteiger partial charge in [-0.15, -0.1) is 0 Å². The average Bonchev–Trinajstić information content (AvgIpc) is 2.53. The lowest BCUT2D eigenvalue weighted by atomic mass is 10.2. The van der Waals surface area contributed by atoms with E-state index in [1.165, 1.54) is 12.3 Å². The first-order valence-corrected chi connectivity index (χ1v) is 8.09. The zero-order valence-electron chi connectivity index (χ0n) is 13.0. The molecule has 2 rings (SSSR count). The highest BCUT2D eigenvalue weighted by Gasteiger charge is 2.26. The maximum atomic E-state index is 12.1. The highest BCUT2D eigenvalue weighted by molar-refractivity contribution is 9.10. The number of nitrogens with zero attached hydrogens (tertiary/aromatic N) is 3. The second kappa shape index (κ2) is 7.60. The Hall–Kier alpha value is -2.17. The van der Waals surface area contributed by atoms with Gasteiger partial charge in [0.05, 0.1) is 5.02 Å². The molecule has 2 aromatic heterocycles. The summed E-state index contributed by atoms with van der Waals surface area (Å²) in [6.45, 7) is 10.4. The summed E-state index contributed by atoms with van der Waals surface area (Å²) >= 11 is 9.45. The fraction of sp³-hybridized carbons (Fsp3) is 0.250.